The molecule has 0 spiro atoms. The number of primary amides is 1. The fraction of sp³-hybridized carbons (Fsp3) is 0. The van der Waals surface area contributed by atoms with Gasteiger partial charge in [-0.15, -0.1) is 5.10 Å². The molecule has 1 amide bonds. The fourth-order valence-corrected chi connectivity index (χ4v) is 0.721. The van der Waals surface area contributed by atoms with E-state index in [1.165, 1.54) is 6.07 Å². The summed E-state index contributed by atoms with van der Waals surface area (Å²) in [6.45, 7) is 0. The van der Waals surface area contributed by atoms with Gasteiger partial charge in [-0.05, 0) is 15.9 Å². The molecule has 0 radical (unpaired) electrons. The van der Waals surface area contributed by atoms with E-state index in [1.54, 1.807) is 0 Å². The first-order valence-electron chi connectivity index (χ1n) is 2.36. The third-order valence-electron chi connectivity index (χ3n) is 0.728. The number of aromatic amines is 1. The van der Waals surface area contributed by atoms with E-state index >= 15 is 0 Å². The number of nitrogens with two attached hydrogens (primary N) is 1. The van der Waals surface area contributed by atoms with Crippen molar-refractivity contribution in [2.75, 3.05) is 0 Å². The molecule has 0 fully saturated rings. The van der Waals surface area contributed by atoms with Crippen LogP contribution < -0.4 is 10.5 Å². The molecule has 0 aliphatic heterocycles. The van der Waals surface area contributed by atoms with Gasteiger partial charge in [-0.3, -0.25) is 5.10 Å². The van der Waals surface area contributed by atoms with E-state index in [9.17, 15) is 4.79 Å². The first-order valence-corrected chi connectivity index (χ1v) is 3.16. The van der Waals surface area contributed by atoms with Crippen LogP contribution in [0.1, 0.15) is 0 Å². The molecule has 0 bridgehead atoms. The molecular weight excluding hydrogens is 202 g/mol. The minimum absolute atomic E-state index is 0.152. The third kappa shape index (κ3) is 1.73. The second kappa shape index (κ2) is 2.70. The van der Waals surface area contributed by atoms with Crippen LogP contribution in [-0.4, -0.2) is 16.3 Å². The van der Waals surface area contributed by atoms with Gasteiger partial charge >= 0.3 is 6.09 Å². The Balaban J connectivity index is 2.67. The highest BCUT2D eigenvalue weighted by molar-refractivity contribution is 9.10. The summed E-state index contributed by atoms with van der Waals surface area (Å²) in [7, 11) is 0. The van der Waals surface area contributed by atoms with Crippen molar-refractivity contribution in [3.05, 3.63) is 10.7 Å². The molecule has 0 aliphatic carbocycles. The molecule has 0 unspecified atom stereocenters. The lowest BCUT2D eigenvalue weighted by Gasteiger charge is -1.90. The van der Waals surface area contributed by atoms with Crippen molar-refractivity contribution in [3.63, 3.8) is 0 Å². The number of hydrogen-bond acceptors (Lipinski definition) is 3. The predicted octanol–water partition coefficient (Wildman–Crippen LogP) is 0.630. The number of ether oxygens (including phenoxy) is 1. The molecule has 6 heteroatoms. The van der Waals surface area contributed by atoms with Gasteiger partial charge < -0.3 is 10.5 Å². The Morgan fingerprint density at radius 2 is 2.60 bits per heavy atom. The summed E-state index contributed by atoms with van der Waals surface area (Å²) in [6, 6.07) is 1.49. The van der Waals surface area contributed by atoms with Crippen molar-refractivity contribution in [3.8, 4) is 5.88 Å². The molecule has 1 rings (SSSR count). The Morgan fingerprint density at radius 1 is 1.90 bits per heavy atom. The molecule has 0 aromatic carbocycles. The number of hydrogen-bond donors (Lipinski definition) is 2. The topological polar surface area (TPSA) is 81.0 Å². The highest BCUT2D eigenvalue weighted by Gasteiger charge is 2.01. The van der Waals surface area contributed by atoms with Crippen molar-refractivity contribution < 1.29 is 9.53 Å². The van der Waals surface area contributed by atoms with E-state index in [2.05, 4.69) is 30.9 Å². The van der Waals surface area contributed by atoms with Gasteiger partial charge in [0.2, 0.25) is 5.88 Å². The number of aromatic nitrogens is 2. The lowest BCUT2D eigenvalue weighted by molar-refractivity contribution is 0.209. The number of H-pyrrole nitrogens is 1. The maximum Gasteiger partial charge on any atom is 0.411 e. The van der Waals surface area contributed by atoms with Crippen LogP contribution in [0.15, 0.2) is 10.7 Å². The first kappa shape index (κ1) is 7.07. The molecule has 1 aromatic heterocycles. The van der Waals surface area contributed by atoms with E-state index in [-0.39, 0.29) is 5.88 Å². The summed E-state index contributed by atoms with van der Waals surface area (Å²) in [5.74, 6) is 0.152. The number of halogens is 1. The van der Waals surface area contributed by atoms with Gasteiger partial charge in [-0.1, -0.05) is 0 Å². The van der Waals surface area contributed by atoms with Crippen molar-refractivity contribution >= 4 is 22.0 Å². The Hall–Kier alpha value is -1.04. The smallest absolute Gasteiger partial charge is 0.390 e. The zero-order chi connectivity index (χ0) is 7.56. The molecule has 3 N–H and O–H groups in total. The summed E-state index contributed by atoms with van der Waals surface area (Å²) < 4.78 is 5.03. The Bertz CT molecular complexity index is 246. The standard InChI is InChI=1S/C4H4BrN3O2/c5-2-1-3(8-7-2)10-4(6)9/h1H,(H2,6,9)(H,7,8). The monoisotopic (exact) mass is 205 g/mol. The summed E-state index contributed by atoms with van der Waals surface area (Å²) in [5.41, 5.74) is 4.70. The minimum Gasteiger partial charge on any atom is -0.390 e. The molecule has 1 aromatic rings. The highest BCUT2D eigenvalue weighted by atomic mass is 79.9. The van der Waals surface area contributed by atoms with Crippen molar-refractivity contribution in [1.82, 2.24) is 10.2 Å². The van der Waals surface area contributed by atoms with Crippen LogP contribution in [0.5, 0.6) is 5.88 Å². The third-order valence-corrected chi connectivity index (χ3v) is 1.13. The zero-order valence-electron chi connectivity index (χ0n) is 4.80. The van der Waals surface area contributed by atoms with E-state index in [0.717, 1.165) is 0 Å². The fourth-order valence-electron chi connectivity index (χ4n) is 0.437. The summed E-state index contributed by atoms with van der Waals surface area (Å²) in [4.78, 5) is 10.1. The van der Waals surface area contributed by atoms with Gasteiger partial charge in [0.25, 0.3) is 0 Å². The van der Waals surface area contributed by atoms with Gasteiger partial charge in [0.15, 0.2) is 0 Å². The summed E-state index contributed by atoms with van der Waals surface area (Å²) in [5, 5.41) is 6.07. The molecular formula is C4H4BrN3O2. The quantitative estimate of drug-likeness (QED) is 0.706. The van der Waals surface area contributed by atoms with Crippen molar-refractivity contribution in [2.24, 2.45) is 5.73 Å². The number of nitrogens with zero attached hydrogens (tertiary/aromatic N) is 1. The van der Waals surface area contributed by atoms with Crippen LogP contribution in [0, 0.1) is 0 Å². The Morgan fingerprint density at radius 3 is 3.00 bits per heavy atom. The summed E-state index contributed by atoms with van der Waals surface area (Å²) >= 11 is 3.07. The SMILES string of the molecule is NC(=O)Oc1cc(Br)[nH]n1. The molecule has 0 saturated carbocycles. The van der Waals surface area contributed by atoms with Crippen LogP contribution in [0.25, 0.3) is 0 Å². The number of carbonyl (C=O) groups is 1. The molecule has 0 atom stereocenters. The van der Waals surface area contributed by atoms with Crippen LogP contribution in [0.4, 0.5) is 4.79 Å². The molecule has 10 heavy (non-hydrogen) atoms. The Kier molecular flexibility index (Phi) is 1.91. The van der Waals surface area contributed by atoms with Gasteiger partial charge in [0, 0.05) is 6.07 Å². The first-order chi connectivity index (χ1) is 4.68. The van der Waals surface area contributed by atoms with Crippen LogP contribution in [0.3, 0.4) is 0 Å². The number of nitrogens with one attached hydrogen (secondary N) is 1. The van der Waals surface area contributed by atoms with E-state index < -0.39 is 6.09 Å². The molecule has 54 valence electrons. The largest absolute Gasteiger partial charge is 0.411 e. The predicted molar refractivity (Wildman–Crippen MR) is 36.5 cm³/mol. The number of amides is 1. The van der Waals surface area contributed by atoms with Crippen LogP contribution >= 0.6 is 15.9 Å². The second-order valence-corrected chi connectivity index (χ2v) is 2.33. The molecule has 0 saturated heterocycles. The lowest BCUT2D eigenvalue weighted by Crippen LogP contribution is -2.16. The molecule has 5 nitrogen and oxygen atoms in total. The number of rotatable bonds is 1. The normalized spacial score (nSPS) is 9.30. The minimum atomic E-state index is -0.876. The van der Waals surface area contributed by atoms with Crippen LogP contribution in [0.2, 0.25) is 0 Å². The Labute approximate surface area is 64.7 Å². The maximum absolute atomic E-state index is 10.1. The van der Waals surface area contributed by atoms with Gasteiger partial charge in [-0.25, -0.2) is 4.79 Å². The zero-order valence-corrected chi connectivity index (χ0v) is 6.38. The van der Waals surface area contributed by atoms with E-state index in [0.29, 0.717) is 4.60 Å². The van der Waals surface area contributed by atoms with Gasteiger partial charge in [-0.2, -0.15) is 0 Å². The van der Waals surface area contributed by atoms with Gasteiger partial charge in [0.05, 0.1) is 0 Å². The highest BCUT2D eigenvalue weighted by Crippen LogP contribution is 2.12. The van der Waals surface area contributed by atoms with Crippen molar-refractivity contribution in [1.29, 1.82) is 0 Å². The number of carbonyl (C=O) groups excluding carboxylic acids is 1. The average Bonchev–Trinajstić information content (AvgIpc) is 2.13. The van der Waals surface area contributed by atoms with Crippen molar-refractivity contribution in [2.45, 2.75) is 0 Å². The molecule has 1 heterocycles. The van der Waals surface area contributed by atoms with Gasteiger partial charge in [0.1, 0.15) is 4.60 Å². The van der Waals surface area contributed by atoms with Crippen LogP contribution in [-0.2, 0) is 0 Å². The van der Waals surface area contributed by atoms with E-state index in [1.807, 2.05) is 0 Å². The second-order valence-electron chi connectivity index (χ2n) is 1.48. The lowest BCUT2D eigenvalue weighted by atomic mass is 10.7. The average molecular weight is 206 g/mol. The molecule has 0 aliphatic rings. The summed E-state index contributed by atoms with van der Waals surface area (Å²) in [6.07, 6.45) is -0.876. The maximum atomic E-state index is 10.1. The van der Waals surface area contributed by atoms with E-state index in [4.69, 9.17) is 5.73 Å².